The van der Waals surface area contributed by atoms with Crippen LogP contribution >= 0.6 is 0 Å². The van der Waals surface area contributed by atoms with Gasteiger partial charge in [0.15, 0.2) is 0 Å². The molecule has 1 amide bonds. The fourth-order valence-corrected chi connectivity index (χ4v) is 1.73. The van der Waals surface area contributed by atoms with E-state index >= 15 is 0 Å². The van der Waals surface area contributed by atoms with Crippen molar-refractivity contribution in [1.29, 1.82) is 0 Å². The molecule has 3 N–H and O–H groups in total. The number of nitrogens with zero attached hydrogens (tertiary/aromatic N) is 1. The molecular weight excluding hydrogens is 250 g/mol. The number of hydroxylamine groups is 1. The fraction of sp³-hybridized carbons (Fsp3) is 0.917. The van der Waals surface area contributed by atoms with E-state index in [1.165, 1.54) is 0 Å². The van der Waals surface area contributed by atoms with Crippen molar-refractivity contribution >= 4 is 6.09 Å². The molecular formula is C12H25N3O4. The number of rotatable bonds is 9. The monoisotopic (exact) mass is 275 g/mol. The SMILES string of the molecule is NCCCCCOC(=O)NOCCN1CCOCC1. The maximum absolute atomic E-state index is 11.2. The highest BCUT2D eigenvalue weighted by atomic mass is 16.7. The second-order valence-corrected chi connectivity index (χ2v) is 4.39. The second kappa shape index (κ2) is 11.0. The van der Waals surface area contributed by atoms with Gasteiger partial charge < -0.3 is 15.2 Å². The van der Waals surface area contributed by atoms with E-state index < -0.39 is 6.09 Å². The molecule has 0 radical (unpaired) electrons. The van der Waals surface area contributed by atoms with Gasteiger partial charge in [0.2, 0.25) is 0 Å². The summed E-state index contributed by atoms with van der Waals surface area (Å²) in [4.78, 5) is 18.5. The Morgan fingerprint density at radius 2 is 2.00 bits per heavy atom. The summed E-state index contributed by atoms with van der Waals surface area (Å²) < 4.78 is 10.2. The lowest BCUT2D eigenvalue weighted by atomic mass is 10.2. The highest BCUT2D eigenvalue weighted by molar-refractivity contribution is 5.65. The van der Waals surface area contributed by atoms with Crippen LogP contribution in [-0.4, -0.2) is 63.6 Å². The molecule has 1 aliphatic rings. The summed E-state index contributed by atoms with van der Waals surface area (Å²) in [7, 11) is 0. The van der Waals surface area contributed by atoms with Crippen LogP contribution in [0.15, 0.2) is 0 Å². The standard InChI is InChI=1S/C12H25N3O4/c13-4-2-1-3-8-18-12(16)14-19-11-7-15-5-9-17-10-6-15/h1-11,13H2,(H,14,16). The van der Waals surface area contributed by atoms with Gasteiger partial charge in [-0.1, -0.05) is 0 Å². The molecule has 0 aromatic carbocycles. The molecule has 112 valence electrons. The molecule has 0 atom stereocenters. The van der Waals surface area contributed by atoms with Crippen LogP contribution in [-0.2, 0) is 14.3 Å². The predicted molar refractivity (Wildman–Crippen MR) is 70.6 cm³/mol. The summed E-state index contributed by atoms with van der Waals surface area (Å²) in [6.45, 7) is 5.65. The van der Waals surface area contributed by atoms with Gasteiger partial charge in [-0.2, -0.15) is 5.48 Å². The Morgan fingerprint density at radius 1 is 1.21 bits per heavy atom. The Hall–Kier alpha value is -0.890. The highest BCUT2D eigenvalue weighted by Crippen LogP contribution is 1.96. The number of hydrogen-bond acceptors (Lipinski definition) is 6. The molecule has 0 bridgehead atoms. The molecule has 1 rings (SSSR count). The summed E-state index contributed by atoms with van der Waals surface area (Å²) in [6.07, 6.45) is 2.23. The van der Waals surface area contributed by atoms with Crippen molar-refractivity contribution in [2.24, 2.45) is 5.73 Å². The van der Waals surface area contributed by atoms with Gasteiger partial charge in [-0.25, -0.2) is 4.79 Å². The molecule has 0 spiro atoms. The molecule has 0 unspecified atom stereocenters. The third-order valence-corrected chi connectivity index (χ3v) is 2.85. The third-order valence-electron chi connectivity index (χ3n) is 2.85. The van der Waals surface area contributed by atoms with Crippen LogP contribution < -0.4 is 11.2 Å². The minimum Gasteiger partial charge on any atom is -0.448 e. The first-order valence-electron chi connectivity index (χ1n) is 6.87. The predicted octanol–water partition coefficient (Wildman–Crippen LogP) is 0.105. The normalized spacial score (nSPS) is 16.3. The van der Waals surface area contributed by atoms with Gasteiger partial charge in [0.1, 0.15) is 0 Å². The van der Waals surface area contributed by atoms with Gasteiger partial charge in [0, 0.05) is 19.6 Å². The van der Waals surface area contributed by atoms with E-state index in [9.17, 15) is 4.79 Å². The minimum absolute atomic E-state index is 0.401. The molecule has 1 heterocycles. The second-order valence-electron chi connectivity index (χ2n) is 4.39. The van der Waals surface area contributed by atoms with Crippen molar-refractivity contribution in [2.75, 3.05) is 52.6 Å². The Bertz CT molecular complexity index is 235. The molecule has 1 aliphatic heterocycles. The number of morpholine rings is 1. The van der Waals surface area contributed by atoms with Crippen molar-refractivity contribution in [1.82, 2.24) is 10.4 Å². The van der Waals surface area contributed by atoms with Gasteiger partial charge in [-0.15, -0.1) is 0 Å². The van der Waals surface area contributed by atoms with Crippen LogP contribution in [0, 0.1) is 0 Å². The van der Waals surface area contributed by atoms with Gasteiger partial charge in [-0.05, 0) is 25.8 Å². The van der Waals surface area contributed by atoms with Crippen LogP contribution in [0.25, 0.3) is 0 Å². The number of ether oxygens (including phenoxy) is 2. The number of carbonyl (C=O) groups excluding carboxylic acids is 1. The Balaban J connectivity index is 1.86. The molecule has 1 saturated heterocycles. The Kier molecular flexibility index (Phi) is 9.34. The molecule has 0 aromatic rings. The zero-order valence-electron chi connectivity index (χ0n) is 11.4. The van der Waals surface area contributed by atoms with Crippen LogP contribution in [0.1, 0.15) is 19.3 Å². The number of amides is 1. The first kappa shape index (κ1) is 16.2. The maximum Gasteiger partial charge on any atom is 0.431 e. The lowest BCUT2D eigenvalue weighted by molar-refractivity contribution is -0.00584. The first-order chi connectivity index (χ1) is 9.33. The Labute approximate surface area is 114 Å². The fourth-order valence-electron chi connectivity index (χ4n) is 1.73. The van der Waals surface area contributed by atoms with Crippen LogP contribution in [0.5, 0.6) is 0 Å². The lowest BCUT2D eigenvalue weighted by Crippen LogP contribution is -2.39. The van der Waals surface area contributed by atoms with E-state index in [-0.39, 0.29) is 0 Å². The number of unbranched alkanes of at least 4 members (excludes halogenated alkanes) is 2. The summed E-state index contributed by atoms with van der Waals surface area (Å²) in [5, 5.41) is 0. The molecule has 7 nitrogen and oxygen atoms in total. The summed E-state index contributed by atoms with van der Waals surface area (Å²) in [6, 6.07) is 0. The van der Waals surface area contributed by atoms with E-state index in [1.807, 2.05) is 0 Å². The minimum atomic E-state index is -0.533. The van der Waals surface area contributed by atoms with E-state index in [4.69, 9.17) is 20.0 Å². The number of hydrogen-bond donors (Lipinski definition) is 2. The molecule has 19 heavy (non-hydrogen) atoms. The van der Waals surface area contributed by atoms with Crippen molar-refractivity contribution in [3.8, 4) is 0 Å². The molecule has 0 saturated carbocycles. The Morgan fingerprint density at radius 3 is 2.74 bits per heavy atom. The van der Waals surface area contributed by atoms with Crippen LogP contribution in [0.3, 0.4) is 0 Å². The largest absolute Gasteiger partial charge is 0.448 e. The average molecular weight is 275 g/mol. The summed E-state index contributed by atoms with van der Waals surface area (Å²) in [5.74, 6) is 0. The highest BCUT2D eigenvalue weighted by Gasteiger charge is 2.09. The van der Waals surface area contributed by atoms with Gasteiger partial charge in [0.05, 0.1) is 26.4 Å². The quantitative estimate of drug-likeness (QED) is 0.459. The maximum atomic E-state index is 11.2. The van der Waals surface area contributed by atoms with Gasteiger partial charge >= 0.3 is 6.09 Å². The topological polar surface area (TPSA) is 86.0 Å². The number of nitrogens with two attached hydrogens (primary N) is 1. The smallest absolute Gasteiger partial charge is 0.431 e. The molecule has 0 aromatic heterocycles. The van der Waals surface area contributed by atoms with Crippen molar-refractivity contribution in [2.45, 2.75) is 19.3 Å². The zero-order valence-corrected chi connectivity index (χ0v) is 11.4. The van der Waals surface area contributed by atoms with E-state index in [0.717, 1.165) is 52.1 Å². The molecule has 7 heteroatoms. The van der Waals surface area contributed by atoms with Crippen LogP contribution in [0.4, 0.5) is 4.79 Å². The van der Waals surface area contributed by atoms with E-state index in [0.29, 0.717) is 19.8 Å². The lowest BCUT2D eigenvalue weighted by Gasteiger charge is -2.26. The van der Waals surface area contributed by atoms with Crippen molar-refractivity contribution in [3.05, 3.63) is 0 Å². The van der Waals surface area contributed by atoms with E-state index in [2.05, 4.69) is 10.4 Å². The van der Waals surface area contributed by atoms with Crippen molar-refractivity contribution in [3.63, 3.8) is 0 Å². The third kappa shape index (κ3) is 8.77. The summed E-state index contributed by atoms with van der Waals surface area (Å²) in [5.41, 5.74) is 7.63. The molecule has 0 aliphatic carbocycles. The summed E-state index contributed by atoms with van der Waals surface area (Å²) >= 11 is 0. The first-order valence-corrected chi connectivity index (χ1v) is 6.87. The van der Waals surface area contributed by atoms with Gasteiger partial charge in [-0.3, -0.25) is 9.74 Å². The van der Waals surface area contributed by atoms with Crippen molar-refractivity contribution < 1.29 is 19.1 Å². The average Bonchev–Trinajstić information content (AvgIpc) is 2.44. The number of carbonyl (C=O) groups is 1. The van der Waals surface area contributed by atoms with Crippen LogP contribution in [0.2, 0.25) is 0 Å². The van der Waals surface area contributed by atoms with Gasteiger partial charge in [0.25, 0.3) is 0 Å². The molecule has 1 fully saturated rings. The zero-order chi connectivity index (χ0) is 13.8. The van der Waals surface area contributed by atoms with E-state index in [1.54, 1.807) is 0 Å². The number of nitrogens with one attached hydrogen (secondary N) is 1.